The average Bonchev–Trinajstić information content (AvgIpc) is 2.49. The Morgan fingerprint density at radius 1 is 0.909 bits per heavy atom. The fourth-order valence-corrected chi connectivity index (χ4v) is 1.88. The minimum Gasteiger partial charge on any atom is -0.350 e. The van der Waals surface area contributed by atoms with Gasteiger partial charge in [-0.05, 0) is 50.2 Å². The molecule has 114 valence electrons. The summed E-state index contributed by atoms with van der Waals surface area (Å²) in [7, 11) is 0. The van der Waals surface area contributed by atoms with E-state index in [1.165, 1.54) is 24.3 Å². The van der Waals surface area contributed by atoms with E-state index in [4.69, 9.17) is 0 Å². The molecule has 2 aromatic carbocycles. The zero-order chi connectivity index (χ0) is 16.1. The summed E-state index contributed by atoms with van der Waals surface area (Å²) in [4.78, 5) is 23.9. The largest absolute Gasteiger partial charge is 0.350 e. The number of carbonyl (C=O) groups excluding carboxylic acids is 2. The number of halogens is 1. The van der Waals surface area contributed by atoms with Crippen LogP contribution in [0.4, 0.5) is 10.1 Å². The molecule has 2 aromatic rings. The molecular formula is C17H17FN2O2. The molecule has 2 N–H and O–H groups in total. The van der Waals surface area contributed by atoms with Gasteiger partial charge in [-0.3, -0.25) is 9.59 Å². The van der Waals surface area contributed by atoms with Crippen LogP contribution in [0.25, 0.3) is 0 Å². The molecule has 5 heteroatoms. The molecule has 2 rings (SSSR count). The Morgan fingerprint density at radius 2 is 1.45 bits per heavy atom. The molecule has 2 amide bonds. The van der Waals surface area contributed by atoms with Gasteiger partial charge >= 0.3 is 0 Å². The van der Waals surface area contributed by atoms with E-state index in [-0.39, 0.29) is 17.6 Å². The maximum atomic E-state index is 13.5. The molecule has 4 nitrogen and oxygen atoms in total. The SMILES string of the molecule is CC(C)NC(=O)c1ccc(C(=O)Nc2ccccc2F)cc1. The minimum absolute atomic E-state index is 0.0385. The summed E-state index contributed by atoms with van der Waals surface area (Å²) in [5.74, 6) is -1.12. The van der Waals surface area contributed by atoms with E-state index in [0.717, 1.165) is 0 Å². The van der Waals surface area contributed by atoms with Crippen molar-refractivity contribution in [2.24, 2.45) is 0 Å². The molecule has 0 heterocycles. The Hall–Kier alpha value is -2.69. The second-order valence-corrected chi connectivity index (χ2v) is 5.14. The zero-order valence-corrected chi connectivity index (χ0v) is 12.4. The van der Waals surface area contributed by atoms with E-state index in [1.807, 2.05) is 13.8 Å². The number of nitrogens with one attached hydrogen (secondary N) is 2. The van der Waals surface area contributed by atoms with Crippen LogP contribution in [0.5, 0.6) is 0 Å². The summed E-state index contributed by atoms with van der Waals surface area (Å²) in [6.45, 7) is 3.74. The van der Waals surface area contributed by atoms with Gasteiger partial charge in [0.05, 0.1) is 5.69 Å². The fourth-order valence-electron chi connectivity index (χ4n) is 1.88. The fraction of sp³-hybridized carbons (Fsp3) is 0.176. The molecule has 0 fully saturated rings. The molecule has 0 bridgehead atoms. The molecule has 0 aliphatic heterocycles. The molecule has 0 aliphatic carbocycles. The van der Waals surface area contributed by atoms with Gasteiger partial charge in [-0.25, -0.2) is 4.39 Å². The predicted octanol–water partition coefficient (Wildman–Crippen LogP) is 3.22. The van der Waals surface area contributed by atoms with E-state index in [1.54, 1.807) is 24.3 Å². The molecule has 0 aromatic heterocycles. The molecule has 0 aliphatic rings. The molecule has 0 saturated carbocycles. The first-order valence-corrected chi connectivity index (χ1v) is 6.94. The van der Waals surface area contributed by atoms with Gasteiger partial charge < -0.3 is 10.6 Å². The maximum Gasteiger partial charge on any atom is 0.255 e. The highest BCUT2D eigenvalue weighted by atomic mass is 19.1. The van der Waals surface area contributed by atoms with E-state index >= 15 is 0 Å². The lowest BCUT2D eigenvalue weighted by Crippen LogP contribution is -2.30. The lowest BCUT2D eigenvalue weighted by molar-refractivity contribution is 0.0941. The Labute approximate surface area is 128 Å². The van der Waals surface area contributed by atoms with Crippen LogP contribution in [0.3, 0.4) is 0 Å². The topological polar surface area (TPSA) is 58.2 Å². The smallest absolute Gasteiger partial charge is 0.255 e. The molecule has 0 unspecified atom stereocenters. The first-order chi connectivity index (χ1) is 10.5. The molecular weight excluding hydrogens is 283 g/mol. The lowest BCUT2D eigenvalue weighted by Gasteiger charge is -2.09. The highest BCUT2D eigenvalue weighted by Crippen LogP contribution is 2.14. The quantitative estimate of drug-likeness (QED) is 0.911. The number of rotatable bonds is 4. The van der Waals surface area contributed by atoms with E-state index in [2.05, 4.69) is 10.6 Å². The van der Waals surface area contributed by atoms with Gasteiger partial charge in [0.15, 0.2) is 0 Å². The van der Waals surface area contributed by atoms with Crippen molar-refractivity contribution in [3.63, 3.8) is 0 Å². The molecule has 0 saturated heterocycles. The molecule has 0 radical (unpaired) electrons. The Morgan fingerprint density at radius 3 is 2.00 bits per heavy atom. The number of anilines is 1. The van der Waals surface area contributed by atoms with Crippen molar-refractivity contribution in [2.45, 2.75) is 19.9 Å². The maximum absolute atomic E-state index is 13.5. The summed E-state index contributed by atoms with van der Waals surface area (Å²) in [6, 6.07) is 12.2. The van der Waals surface area contributed by atoms with Crippen molar-refractivity contribution in [3.8, 4) is 0 Å². The van der Waals surface area contributed by atoms with Crippen LogP contribution >= 0.6 is 0 Å². The summed E-state index contributed by atoms with van der Waals surface area (Å²) < 4.78 is 13.5. The van der Waals surface area contributed by atoms with Gasteiger partial charge in [0, 0.05) is 17.2 Å². The zero-order valence-electron chi connectivity index (χ0n) is 12.4. The Bertz CT molecular complexity index is 681. The standard InChI is InChI=1S/C17H17FN2O2/c1-11(2)19-16(21)12-7-9-13(10-8-12)17(22)20-15-6-4-3-5-14(15)18/h3-11H,1-2H3,(H,19,21)(H,20,22). The summed E-state index contributed by atoms with van der Waals surface area (Å²) in [5.41, 5.74) is 0.939. The van der Waals surface area contributed by atoms with Crippen molar-refractivity contribution in [2.75, 3.05) is 5.32 Å². The Balaban J connectivity index is 2.08. The third kappa shape index (κ3) is 3.91. The normalized spacial score (nSPS) is 10.4. The number of para-hydroxylation sites is 1. The van der Waals surface area contributed by atoms with Gasteiger partial charge in [-0.1, -0.05) is 12.1 Å². The van der Waals surface area contributed by atoms with Crippen LogP contribution in [-0.4, -0.2) is 17.9 Å². The van der Waals surface area contributed by atoms with Crippen LogP contribution in [-0.2, 0) is 0 Å². The van der Waals surface area contributed by atoms with E-state index in [0.29, 0.717) is 11.1 Å². The van der Waals surface area contributed by atoms with Crippen molar-refractivity contribution in [1.29, 1.82) is 0 Å². The van der Waals surface area contributed by atoms with Crippen LogP contribution in [0.15, 0.2) is 48.5 Å². The summed E-state index contributed by atoms with van der Waals surface area (Å²) in [6.07, 6.45) is 0. The van der Waals surface area contributed by atoms with Gasteiger partial charge in [-0.15, -0.1) is 0 Å². The summed E-state index contributed by atoms with van der Waals surface area (Å²) >= 11 is 0. The highest BCUT2D eigenvalue weighted by Gasteiger charge is 2.11. The number of carbonyl (C=O) groups is 2. The summed E-state index contributed by atoms with van der Waals surface area (Å²) in [5, 5.41) is 5.26. The first kappa shape index (κ1) is 15.7. The van der Waals surface area contributed by atoms with Crippen molar-refractivity contribution in [1.82, 2.24) is 5.32 Å². The second-order valence-electron chi connectivity index (χ2n) is 5.14. The van der Waals surface area contributed by atoms with Gasteiger partial charge in [0.1, 0.15) is 5.82 Å². The van der Waals surface area contributed by atoms with Gasteiger partial charge in [-0.2, -0.15) is 0 Å². The Kier molecular flexibility index (Phi) is 4.88. The van der Waals surface area contributed by atoms with Crippen molar-refractivity contribution < 1.29 is 14.0 Å². The van der Waals surface area contributed by atoms with E-state index < -0.39 is 11.7 Å². The van der Waals surface area contributed by atoms with E-state index in [9.17, 15) is 14.0 Å². The molecule has 0 spiro atoms. The number of amides is 2. The first-order valence-electron chi connectivity index (χ1n) is 6.94. The third-order valence-electron chi connectivity index (χ3n) is 2.95. The predicted molar refractivity (Wildman–Crippen MR) is 83.4 cm³/mol. The average molecular weight is 300 g/mol. The monoisotopic (exact) mass is 300 g/mol. The number of hydrogen-bond acceptors (Lipinski definition) is 2. The van der Waals surface area contributed by atoms with Crippen LogP contribution in [0.1, 0.15) is 34.6 Å². The number of benzene rings is 2. The third-order valence-corrected chi connectivity index (χ3v) is 2.95. The van der Waals surface area contributed by atoms with Crippen LogP contribution in [0.2, 0.25) is 0 Å². The molecule has 0 atom stereocenters. The van der Waals surface area contributed by atoms with Crippen LogP contribution in [0, 0.1) is 5.82 Å². The lowest BCUT2D eigenvalue weighted by atomic mass is 10.1. The minimum atomic E-state index is -0.496. The number of hydrogen-bond donors (Lipinski definition) is 2. The van der Waals surface area contributed by atoms with Crippen LogP contribution < -0.4 is 10.6 Å². The van der Waals surface area contributed by atoms with Gasteiger partial charge in [0.2, 0.25) is 0 Å². The highest BCUT2D eigenvalue weighted by molar-refractivity contribution is 6.05. The molecule has 22 heavy (non-hydrogen) atoms. The second kappa shape index (κ2) is 6.85. The van der Waals surface area contributed by atoms with Crippen molar-refractivity contribution >= 4 is 17.5 Å². The van der Waals surface area contributed by atoms with Gasteiger partial charge in [0.25, 0.3) is 11.8 Å². The van der Waals surface area contributed by atoms with Crippen molar-refractivity contribution in [3.05, 3.63) is 65.5 Å².